The molecule has 0 aliphatic carbocycles. The number of nitrogens with zero attached hydrogens (tertiary/aromatic N) is 4. The minimum atomic E-state index is -4.40. The fourth-order valence-corrected chi connectivity index (χ4v) is 9.75. The van der Waals surface area contributed by atoms with E-state index in [-0.39, 0.29) is 47.0 Å². The Kier molecular flexibility index (Phi) is 13.0. The van der Waals surface area contributed by atoms with Crippen molar-refractivity contribution in [2.45, 2.75) is 25.7 Å². The number of nitrogens with one attached hydrogen (secondary N) is 2. The van der Waals surface area contributed by atoms with Crippen LogP contribution in [0, 0.1) is 5.82 Å². The van der Waals surface area contributed by atoms with Crippen molar-refractivity contribution in [3.05, 3.63) is 208 Å². The summed E-state index contributed by atoms with van der Waals surface area (Å²) in [6.45, 7) is -0.694. The number of rotatable bonds is 16. The van der Waals surface area contributed by atoms with Gasteiger partial charge in [0.15, 0.2) is 5.82 Å². The molecule has 10 rings (SSSR count). The number of ether oxygens (including phenoxy) is 3. The van der Waals surface area contributed by atoms with Crippen LogP contribution in [0.1, 0.15) is 28.2 Å². The van der Waals surface area contributed by atoms with Gasteiger partial charge in [0.25, 0.3) is 5.91 Å². The molecule has 0 bridgehead atoms. The summed E-state index contributed by atoms with van der Waals surface area (Å²) in [6, 6.07) is 50.4. The molecule has 1 atom stereocenters. The predicted molar refractivity (Wildman–Crippen MR) is 271 cm³/mol. The highest BCUT2D eigenvalue weighted by Gasteiger charge is 2.38. The third kappa shape index (κ3) is 9.57. The van der Waals surface area contributed by atoms with Gasteiger partial charge in [0, 0.05) is 24.2 Å². The largest absolute Gasteiger partial charge is 0.487 e. The van der Waals surface area contributed by atoms with Crippen molar-refractivity contribution < 1.29 is 41.7 Å². The molecule has 72 heavy (non-hydrogen) atoms. The molecule has 2 amide bonds. The number of anilines is 2. The second-order valence-electron chi connectivity index (χ2n) is 17.0. The third-order valence-electron chi connectivity index (χ3n) is 12.3. The van der Waals surface area contributed by atoms with Gasteiger partial charge in [-0.2, -0.15) is 13.4 Å². The first-order valence-electron chi connectivity index (χ1n) is 22.8. The number of hydrogen-bond donors (Lipinski definition) is 3. The van der Waals surface area contributed by atoms with E-state index in [0.717, 1.165) is 27.8 Å². The summed E-state index contributed by atoms with van der Waals surface area (Å²) in [7, 11) is -2.70. The van der Waals surface area contributed by atoms with Crippen molar-refractivity contribution in [3.8, 4) is 34.3 Å². The molecule has 3 N–H and O–H groups in total. The van der Waals surface area contributed by atoms with E-state index in [1.807, 2.05) is 102 Å². The average Bonchev–Trinajstić information content (AvgIpc) is 3.82. The van der Waals surface area contributed by atoms with Gasteiger partial charge in [-0.05, 0) is 81.2 Å². The normalized spacial score (nSPS) is 13.5. The Hall–Kier alpha value is -8.80. The molecule has 0 radical (unpaired) electrons. The number of aromatic nitrogens is 3. The van der Waals surface area contributed by atoms with E-state index in [2.05, 4.69) is 5.32 Å². The topological polar surface area (TPSA) is 183 Å². The zero-order valence-corrected chi connectivity index (χ0v) is 39.4. The molecule has 17 heteroatoms. The van der Waals surface area contributed by atoms with E-state index in [4.69, 9.17) is 19.2 Å². The molecule has 0 saturated carbocycles. The van der Waals surface area contributed by atoms with E-state index in [1.54, 1.807) is 64.7 Å². The molecule has 0 spiro atoms. The van der Waals surface area contributed by atoms with Gasteiger partial charge in [-0.25, -0.2) is 18.2 Å². The van der Waals surface area contributed by atoms with Gasteiger partial charge >= 0.3 is 15.9 Å². The molecule has 9 aromatic rings. The van der Waals surface area contributed by atoms with Crippen LogP contribution >= 0.6 is 0 Å². The quantitative estimate of drug-likeness (QED) is 0.0851. The van der Waals surface area contributed by atoms with Gasteiger partial charge in [0.2, 0.25) is 17.7 Å². The number of fused-ring (bicyclic) bond motifs is 2. The fourth-order valence-electron chi connectivity index (χ4n) is 8.59. The maximum atomic E-state index is 16.4. The van der Waals surface area contributed by atoms with Gasteiger partial charge in [-0.1, -0.05) is 121 Å². The zero-order valence-electron chi connectivity index (χ0n) is 38.6. The number of pyridine rings is 1. The maximum absolute atomic E-state index is 16.4. The number of carbonyl (C=O) groups is 2. The zero-order chi connectivity index (χ0) is 49.9. The van der Waals surface area contributed by atoms with Crippen molar-refractivity contribution in [2.24, 2.45) is 7.05 Å². The first kappa shape index (κ1) is 46.9. The fraction of sp³-hybridized carbons (Fsp3) is 0.127. The van der Waals surface area contributed by atoms with Crippen molar-refractivity contribution in [1.82, 2.24) is 18.8 Å². The van der Waals surface area contributed by atoms with Crippen LogP contribution in [0.5, 0.6) is 17.5 Å². The highest BCUT2D eigenvalue weighted by atomic mass is 32.2. The van der Waals surface area contributed by atoms with E-state index in [0.29, 0.717) is 39.1 Å². The van der Waals surface area contributed by atoms with Crippen LogP contribution in [0.3, 0.4) is 0 Å². The van der Waals surface area contributed by atoms with Crippen LogP contribution in [0.25, 0.3) is 38.6 Å². The lowest BCUT2D eigenvalue weighted by Crippen LogP contribution is -2.30. The average molecular weight is 985 g/mol. The van der Waals surface area contributed by atoms with Crippen LogP contribution in [-0.2, 0) is 46.7 Å². The summed E-state index contributed by atoms with van der Waals surface area (Å²) < 4.78 is 66.1. The third-order valence-corrected chi connectivity index (χ3v) is 13.7. The van der Waals surface area contributed by atoms with E-state index in [1.165, 1.54) is 24.3 Å². The van der Waals surface area contributed by atoms with Gasteiger partial charge in [0.05, 0.1) is 23.6 Å². The first-order valence-corrected chi connectivity index (χ1v) is 24.2. The Morgan fingerprint density at radius 2 is 1.36 bits per heavy atom. The number of hydrogen-bond acceptors (Lipinski definition) is 10. The second-order valence-corrected chi connectivity index (χ2v) is 18.6. The summed E-state index contributed by atoms with van der Waals surface area (Å²) in [6.07, 6.45) is 0. The Balaban J connectivity index is 0.892. The molecule has 362 valence electrons. The minimum absolute atomic E-state index is 0.0160. The number of amides is 2. The standard InChI is InChI=1S/C55H45FN6O9S/c1-60-47-28-40(21-24-45(47)62(55(60)66)46-25-26-50(70-33-36-13-7-3-8-14-36)58-54(46)71-34-37-15-9-4-10-16-37)38-17-19-39(20-18-38)44(31-63)53(65)57-42-22-23-43-41(27-42)29-48(69-32-35-11-5-2-6-12-35)52(51(43)56)61-30-49(64)59-72(61,67)68/h2-29,44,63H,30-34H2,1H3,(H,57,65)(H,59,64)/t44-/m0/s1. The lowest BCUT2D eigenvalue weighted by Gasteiger charge is -2.21. The van der Waals surface area contributed by atoms with Crippen LogP contribution in [-0.4, -0.2) is 52.6 Å². The SMILES string of the molecule is Cn1c(=O)n(-c2ccc(OCc3ccccc3)nc2OCc2ccccc2)c2ccc(-c3ccc([C@H](CO)C(=O)Nc4ccc5c(F)c(N6CC(=O)NS6(=O)=O)c(OCc6ccccc6)cc5c4)cc3)cc21. The second kappa shape index (κ2) is 19.9. The number of aliphatic hydroxyl groups is 1. The van der Waals surface area contributed by atoms with E-state index >= 15 is 4.39 Å². The highest BCUT2D eigenvalue weighted by molar-refractivity contribution is 7.92. The van der Waals surface area contributed by atoms with Crippen LogP contribution < -0.4 is 34.2 Å². The molecule has 1 fully saturated rings. The summed E-state index contributed by atoms with van der Waals surface area (Å²) >= 11 is 0. The van der Waals surface area contributed by atoms with Gasteiger partial charge in [-0.15, -0.1) is 0 Å². The molecule has 1 aliphatic heterocycles. The molecular weight excluding hydrogens is 940 g/mol. The number of carbonyl (C=O) groups excluding carboxylic acids is 2. The van der Waals surface area contributed by atoms with Crippen molar-refractivity contribution in [3.63, 3.8) is 0 Å². The Morgan fingerprint density at radius 1 is 0.736 bits per heavy atom. The summed E-state index contributed by atoms with van der Waals surface area (Å²) in [5.41, 5.74) is 5.95. The number of aryl methyl sites for hydroxylation is 1. The Labute approximate surface area is 412 Å². The molecule has 7 aromatic carbocycles. The lowest BCUT2D eigenvalue weighted by atomic mass is 9.95. The molecule has 1 saturated heterocycles. The van der Waals surface area contributed by atoms with Crippen LogP contribution in [0.4, 0.5) is 15.8 Å². The maximum Gasteiger partial charge on any atom is 0.333 e. The Bertz CT molecular complexity index is 3670. The van der Waals surface area contributed by atoms with Crippen molar-refractivity contribution in [2.75, 3.05) is 22.8 Å². The summed E-state index contributed by atoms with van der Waals surface area (Å²) in [5, 5.41) is 13.6. The molecule has 1 aliphatic rings. The first-order chi connectivity index (χ1) is 34.9. The van der Waals surface area contributed by atoms with Gasteiger partial charge in [-0.3, -0.25) is 18.7 Å². The highest BCUT2D eigenvalue weighted by Crippen LogP contribution is 2.41. The number of halogens is 1. The van der Waals surface area contributed by atoms with E-state index < -0.39 is 52.6 Å². The van der Waals surface area contributed by atoms with Crippen LogP contribution in [0.2, 0.25) is 0 Å². The van der Waals surface area contributed by atoms with E-state index in [9.17, 15) is 27.9 Å². The monoisotopic (exact) mass is 984 g/mol. The molecule has 3 heterocycles. The molecular formula is C55H45FN6O9S. The van der Waals surface area contributed by atoms with Gasteiger partial charge < -0.3 is 24.6 Å². The number of benzene rings is 7. The molecule has 0 unspecified atom stereocenters. The van der Waals surface area contributed by atoms with Crippen molar-refractivity contribution >= 4 is 55.2 Å². The molecule has 2 aromatic heterocycles. The van der Waals surface area contributed by atoms with Gasteiger partial charge in [0.1, 0.15) is 43.5 Å². The number of aliphatic hydroxyl groups excluding tert-OH is 1. The predicted octanol–water partition coefficient (Wildman–Crippen LogP) is 8.32. The summed E-state index contributed by atoms with van der Waals surface area (Å²) in [5.74, 6) is -2.87. The summed E-state index contributed by atoms with van der Waals surface area (Å²) in [4.78, 5) is 44.7. The van der Waals surface area contributed by atoms with Crippen LogP contribution in [0.15, 0.2) is 175 Å². The Morgan fingerprint density at radius 3 is 1.99 bits per heavy atom. The smallest absolute Gasteiger partial charge is 0.333 e. The lowest BCUT2D eigenvalue weighted by molar-refractivity contribution is -0.118. The van der Waals surface area contributed by atoms with Crippen molar-refractivity contribution in [1.29, 1.82) is 0 Å². The minimum Gasteiger partial charge on any atom is -0.487 e. The molecule has 15 nitrogen and oxygen atoms in total. The number of imidazole rings is 1.